The van der Waals surface area contributed by atoms with Gasteiger partial charge >= 0.3 is 6.09 Å². The maximum absolute atomic E-state index is 13.6. The summed E-state index contributed by atoms with van der Waals surface area (Å²) in [4.78, 5) is 33.0. The predicted molar refractivity (Wildman–Crippen MR) is 128 cm³/mol. The third-order valence-electron chi connectivity index (χ3n) is 6.77. The van der Waals surface area contributed by atoms with E-state index in [0.717, 1.165) is 18.2 Å². The number of aromatic nitrogens is 1. The predicted octanol–water partition coefficient (Wildman–Crippen LogP) is 5.45. The fourth-order valence-electron chi connectivity index (χ4n) is 5.10. The number of pyridine rings is 1. The first-order chi connectivity index (χ1) is 15.8. The van der Waals surface area contributed by atoms with E-state index in [1.807, 2.05) is 32.0 Å². The summed E-state index contributed by atoms with van der Waals surface area (Å²) in [5, 5.41) is 10.6. The molecule has 178 valence electrons. The van der Waals surface area contributed by atoms with Crippen molar-refractivity contribution in [1.29, 1.82) is 0 Å². The van der Waals surface area contributed by atoms with Gasteiger partial charge in [-0.1, -0.05) is 36.6 Å². The number of ether oxygens (including phenoxy) is 1. The zero-order valence-electron chi connectivity index (χ0n) is 19.3. The van der Waals surface area contributed by atoms with Crippen LogP contribution in [0.5, 0.6) is 5.75 Å². The van der Waals surface area contributed by atoms with Gasteiger partial charge in [-0.05, 0) is 57.6 Å². The summed E-state index contributed by atoms with van der Waals surface area (Å²) in [7, 11) is 0. The van der Waals surface area contributed by atoms with Crippen LogP contribution in [0.15, 0.2) is 24.3 Å². The monoisotopic (exact) mass is 473 g/mol. The van der Waals surface area contributed by atoms with E-state index >= 15 is 0 Å². The van der Waals surface area contributed by atoms with Gasteiger partial charge < -0.3 is 19.6 Å². The zero-order chi connectivity index (χ0) is 23.5. The summed E-state index contributed by atoms with van der Waals surface area (Å²) in [6, 6.07) is 6.95. The van der Waals surface area contributed by atoms with E-state index < -0.39 is 6.09 Å². The summed E-state index contributed by atoms with van der Waals surface area (Å²) < 4.78 is 6.14. The number of amides is 2. The Labute approximate surface area is 199 Å². The van der Waals surface area contributed by atoms with Gasteiger partial charge in [0.1, 0.15) is 17.0 Å². The first-order valence-electron chi connectivity index (χ1n) is 11.9. The number of halogens is 1. The Bertz CT molecular complexity index is 1020. The van der Waals surface area contributed by atoms with E-state index in [1.54, 1.807) is 11.0 Å². The van der Waals surface area contributed by atoms with Gasteiger partial charge in [-0.2, -0.15) is 0 Å². The molecule has 33 heavy (non-hydrogen) atoms. The third-order valence-corrected chi connectivity index (χ3v) is 7.08. The number of benzene rings is 1. The van der Waals surface area contributed by atoms with Gasteiger partial charge in [0.2, 0.25) is 0 Å². The van der Waals surface area contributed by atoms with Crippen molar-refractivity contribution in [2.24, 2.45) is 5.92 Å². The van der Waals surface area contributed by atoms with E-state index in [9.17, 15) is 14.7 Å². The molecule has 0 unspecified atom stereocenters. The van der Waals surface area contributed by atoms with Gasteiger partial charge in [0, 0.05) is 24.5 Å². The smallest absolute Gasteiger partial charge is 0.407 e. The van der Waals surface area contributed by atoms with Gasteiger partial charge in [0.05, 0.1) is 17.7 Å². The van der Waals surface area contributed by atoms with Crippen molar-refractivity contribution in [3.63, 3.8) is 0 Å². The molecule has 2 aromatic rings. The van der Waals surface area contributed by atoms with Crippen LogP contribution in [0, 0.1) is 5.92 Å². The number of likely N-dealkylation sites (tertiary alicyclic amines) is 1. The number of rotatable bonds is 6. The summed E-state index contributed by atoms with van der Waals surface area (Å²) in [6.45, 7) is 5.32. The standard InChI is InChI=1S/C25H32ClN3O4/c1-16(2)29(18-9-6-12-28(14-18)25(31)32)24(30)21-13-20(26)19-10-5-11-22(23(19)27-21)33-15-17-7-3-4-8-17/h5,10-11,13,16-18H,3-4,6-9,12,14-15H2,1-2H3,(H,31,32)/t18-/m1/s1. The van der Waals surface area contributed by atoms with E-state index in [-0.39, 0.29) is 23.7 Å². The number of nitrogens with zero attached hydrogens (tertiary/aromatic N) is 3. The number of piperidine rings is 1. The van der Waals surface area contributed by atoms with Crippen molar-refractivity contribution in [3.8, 4) is 5.75 Å². The molecule has 1 atom stereocenters. The van der Waals surface area contributed by atoms with Crippen LogP contribution < -0.4 is 4.74 Å². The van der Waals surface area contributed by atoms with Crippen molar-refractivity contribution in [1.82, 2.24) is 14.8 Å². The first kappa shape index (κ1) is 23.6. The van der Waals surface area contributed by atoms with Crippen LogP contribution in [-0.2, 0) is 0 Å². The molecule has 7 nitrogen and oxygen atoms in total. The molecule has 0 radical (unpaired) electrons. The number of para-hydroxylation sites is 1. The highest BCUT2D eigenvalue weighted by Crippen LogP contribution is 2.32. The molecular formula is C25H32ClN3O4. The van der Waals surface area contributed by atoms with Crippen molar-refractivity contribution >= 4 is 34.5 Å². The molecule has 2 amide bonds. The Morgan fingerprint density at radius 1 is 1.24 bits per heavy atom. The molecular weight excluding hydrogens is 442 g/mol. The lowest BCUT2D eigenvalue weighted by molar-refractivity contribution is 0.0445. The van der Waals surface area contributed by atoms with Crippen molar-refractivity contribution in [2.45, 2.75) is 64.5 Å². The molecule has 2 fully saturated rings. The minimum absolute atomic E-state index is 0.110. The lowest BCUT2D eigenvalue weighted by Crippen LogP contribution is -2.53. The Kier molecular flexibility index (Phi) is 7.27. The molecule has 2 aliphatic rings. The summed E-state index contributed by atoms with van der Waals surface area (Å²) in [5.41, 5.74) is 0.844. The summed E-state index contributed by atoms with van der Waals surface area (Å²) in [6.07, 6.45) is 5.38. The van der Waals surface area contributed by atoms with Gasteiger partial charge in [-0.3, -0.25) is 4.79 Å². The summed E-state index contributed by atoms with van der Waals surface area (Å²) >= 11 is 6.59. The van der Waals surface area contributed by atoms with E-state index in [0.29, 0.717) is 41.9 Å². The van der Waals surface area contributed by atoms with Crippen molar-refractivity contribution < 1.29 is 19.4 Å². The minimum Gasteiger partial charge on any atom is -0.491 e. The number of carbonyl (C=O) groups excluding carboxylic acids is 1. The first-order valence-corrected chi connectivity index (χ1v) is 12.3. The SMILES string of the molecule is CC(C)N(C(=O)c1cc(Cl)c2cccc(OCC3CCCC3)c2n1)[C@@H]1CCCN(C(=O)O)C1. The van der Waals surface area contributed by atoms with Crippen molar-refractivity contribution in [3.05, 3.63) is 35.0 Å². The fraction of sp³-hybridized carbons (Fsp3) is 0.560. The number of carbonyl (C=O) groups is 2. The third kappa shape index (κ3) is 5.18. The van der Waals surface area contributed by atoms with Crippen LogP contribution in [0.3, 0.4) is 0 Å². The second-order valence-corrected chi connectivity index (χ2v) is 9.84. The van der Waals surface area contributed by atoms with E-state index in [2.05, 4.69) is 0 Å². The molecule has 1 aliphatic heterocycles. The molecule has 1 aromatic heterocycles. The van der Waals surface area contributed by atoms with Crippen LogP contribution in [0.25, 0.3) is 10.9 Å². The highest BCUT2D eigenvalue weighted by atomic mass is 35.5. The molecule has 1 aliphatic carbocycles. The number of fused-ring (bicyclic) bond motifs is 1. The van der Waals surface area contributed by atoms with Crippen LogP contribution in [0.4, 0.5) is 4.79 Å². The van der Waals surface area contributed by atoms with Crippen LogP contribution in [0.1, 0.15) is 62.9 Å². The Hall–Kier alpha value is -2.54. The van der Waals surface area contributed by atoms with E-state index in [1.165, 1.54) is 30.6 Å². The molecule has 1 N–H and O–H groups in total. The second-order valence-electron chi connectivity index (χ2n) is 9.43. The molecule has 0 bridgehead atoms. The molecule has 1 saturated carbocycles. The quantitative estimate of drug-likeness (QED) is 0.603. The van der Waals surface area contributed by atoms with Gasteiger partial charge in [0.25, 0.3) is 5.91 Å². The Balaban J connectivity index is 1.63. The lowest BCUT2D eigenvalue weighted by atomic mass is 10.0. The van der Waals surface area contributed by atoms with Gasteiger partial charge in [0.15, 0.2) is 0 Å². The van der Waals surface area contributed by atoms with E-state index in [4.69, 9.17) is 21.3 Å². The molecule has 4 rings (SSSR count). The molecule has 8 heteroatoms. The van der Waals surface area contributed by atoms with Crippen LogP contribution >= 0.6 is 11.6 Å². The molecule has 1 saturated heterocycles. The Morgan fingerprint density at radius 2 is 2.00 bits per heavy atom. The largest absolute Gasteiger partial charge is 0.491 e. The lowest BCUT2D eigenvalue weighted by Gasteiger charge is -2.40. The molecule has 2 heterocycles. The number of carboxylic acid groups (broad SMARTS) is 1. The maximum atomic E-state index is 13.6. The average molecular weight is 474 g/mol. The average Bonchev–Trinajstić information content (AvgIpc) is 3.31. The minimum atomic E-state index is -0.952. The zero-order valence-corrected chi connectivity index (χ0v) is 20.1. The van der Waals surface area contributed by atoms with Gasteiger partial charge in [-0.15, -0.1) is 0 Å². The highest BCUT2D eigenvalue weighted by molar-refractivity contribution is 6.35. The summed E-state index contributed by atoms with van der Waals surface area (Å²) in [5.74, 6) is 0.957. The fourth-order valence-corrected chi connectivity index (χ4v) is 5.36. The topological polar surface area (TPSA) is 83.0 Å². The van der Waals surface area contributed by atoms with Crippen molar-refractivity contribution in [2.75, 3.05) is 19.7 Å². The second kappa shape index (κ2) is 10.2. The highest BCUT2D eigenvalue weighted by Gasteiger charge is 2.33. The molecule has 0 spiro atoms. The number of hydrogen-bond donors (Lipinski definition) is 1. The Morgan fingerprint density at radius 3 is 2.70 bits per heavy atom. The maximum Gasteiger partial charge on any atom is 0.407 e. The van der Waals surface area contributed by atoms with Crippen LogP contribution in [-0.4, -0.2) is 63.7 Å². The molecule has 1 aromatic carbocycles. The van der Waals surface area contributed by atoms with Gasteiger partial charge in [-0.25, -0.2) is 9.78 Å². The van der Waals surface area contributed by atoms with Crippen LogP contribution in [0.2, 0.25) is 5.02 Å². The number of hydrogen-bond acceptors (Lipinski definition) is 4. The normalized spacial score (nSPS) is 19.3.